The van der Waals surface area contributed by atoms with Crippen molar-refractivity contribution in [1.29, 1.82) is 0 Å². The average molecular weight is 587 g/mol. The predicted molar refractivity (Wildman–Crippen MR) is 144 cm³/mol. The number of hydrogen-bond acceptors (Lipinski definition) is 6. The summed E-state index contributed by atoms with van der Waals surface area (Å²) in [6, 6.07) is 16.2. The number of carbonyl (C=O) groups excluding carboxylic acids is 2. The third-order valence-corrected chi connectivity index (χ3v) is 5.78. The Morgan fingerprint density at radius 1 is 1.03 bits per heavy atom. The predicted octanol–water partition coefficient (Wildman–Crippen LogP) is 4.71. The van der Waals surface area contributed by atoms with Crippen LogP contribution < -0.4 is 25.0 Å². The monoisotopic (exact) mass is 587 g/mol. The number of aryl methyl sites for hydroxylation is 2. The molecule has 0 radical (unpaired) electrons. The zero-order valence-corrected chi connectivity index (χ0v) is 22.0. The topological polar surface area (TPSA) is 98.3 Å². The van der Waals surface area contributed by atoms with E-state index in [1.165, 1.54) is 20.4 Å². The Morgan fingerprint density at radius 3 is 2.57 bits per heavy atom. The highest BCUT2D eigenvalue weighted by Gasteiger charge is 2.14. The molecule has 0 aliphatic carbocycles. The van der Waals surface area contributed by atoms with Crippen LogP contribution in [-0.4, -0.2) is 38.9 Å². The molecular formula is C26H26IN3O5. The van der Waals surface area contributed by atoms with E-state index in [-0.39, 0.29) is 18.4 Å². The van der Waals surface area contributed by atoms with Gasteiger partial charge >= 0.3 is 0 Å². The molecule has 3 aromatic carbocycles. The summed E-state index contributed by atoms with van der Waals surface area (Å²) in [5.41, 5.74) is 6.38. The molecule has 0 aliphatic heterocycles. The Hall–Kier alpha value is -3.60. The van der Waals surface area contributed by atoms with Crippen LogP contribution in [0.1, 0.15) is 27.0 Å². The van der Waals surface area contributed by atoms with Crippen molar-refractivity contribution < 1.29 is 23.8 Å². The summed E-state index contributed by atoms with van der Waals surface area (Å²) in [5.74, 6) is 0.831. The van der Waals surface area contributed by atoms with Gasteiger partial charge in [-0.15, -0.1) is 0 Å². The Morgan fingerprint density at radius 2 is 1.83 bits per heavy atom. The molecule has 182 valence electrons. The Balaban J connectivity index is 1.64. The molecule has 9 heteroatoms. The summed E-state index contributed by atoms with van der Waals surface area (Å²) >= 11 is 2.10. The zero-order chi connectivity index (χ0) is 25.4. The molecule has 0 bridgehead atoms. The normalized spacial score (nSPS) is 10.7. The first-order valence-corrected chi connectivity index (χ1v) is 11.7. The van der Waals surface area contributed by atoms with Crippen molar-refractivity contribution in [3.63, 3.8) is 0 Å². The lowest BCUT2D eigenvalue weighted by atomic mass is 10.1. The lowest BCUT2D eigenvalue weighted by Crippen LogP contribution is -2.21. The third-order valence-electron chi connectivity index (χ3n) is 4.98. The molecule has 0 spiro atoms. The number of halogens is 1. The standard InChI is InChI=1S/C26H26IN3O5/c1-16-8-9-17(2)22(10-16)29-24(31)15-35-25-21(27)11-18(12-23(25)34-4)14-28-30-26(32)19-6-5-7-20(13-19)33-3/h5-14H,15H2,1-4H3,(H,29,31)(H,30,32)/b28-14+. The number of amides is 2. The number of methoxy groups -OCH3 is 2. The summed E-state index contributed by atoms with van der Waals surface area (Å²) in [6.07, 6.45) is 1.50. The number of hydrogen-bond donors (Lipinski definition) is 2. The second-order valence-electron chi connectivity index (χ2n) is 7.62. The first-order chi connectivity index (χ1) is 16.8. The van der Waals surface area contributed by atoms with Gasteiger partial charge in [-0.3, -0.25) is 9.59 Å². The van der Waals surface area contributed by atoms with Crippen molar-refractivity contribution in [1.82, 2.24) is 5.43 Å². The minimum atomic E-state index is -0.364. The van der Waals surface area contributed by atoms with Crippen LogP contribution in [0.25, 0.3) is 0 Å². The van der Waals surface area contributed by atoms with Crippen LogP contribution in [0.15, 0.2) is 59.7 Å². The average Bonchev–Trinajstić information content (AvgIpc) is 2.85. The van der Waals surface area contributed by atoms with Gasteiger partial charge in [-0.1, -0.05) is 18.2 Å². The van der Waals surface area contributed by atoms with Gasteiger partial charge in [0.2, 0.25) is 0 Å². The molecule has 0 saturated carbocycles. The maximum Gasteiger partial charge on any atom is 0.271 e. The Kier molecular flexibility index (Phi) is 9.07. The molecule has 35 heavy (non-hydrogen) atoms. The van der Waals surface area contributed by atoms with Crippen LogP contribution >= 0.6 is 22.6 Å². The highest BCUT2D eigenvalue weighted by molar-refractivity contribution is 14.1. The number of ether oxygens (including phenoxy) is 3. The van der Waals surface area contributed by atoms with E-state index in [4.69, 9.17) is 14.2 Å². The van der Waals surface area contributed by atoms with Gasteiger partial charge in [0.25, 0.3) is 11.8 Å². The minimum Gasteiger partial charge on any atom is -0.497 e. The van der Waals surface area contributed by atoms with Gasteiger partial charge < -0.3 is 19.5 Å². The van der Waals surface area contributed by atoms with Gasteiger partial charge in [0.05, 0.1) is 24.0 Å². The molecule has 0 heterocycles. The van der Waals surface area contributed by atoms with E-state index < -0.39 is 0 Å². The smallest absolute Gasteiger partial charge is 0.271 e. The SMILES string of the molecule is COc1cccc(C(=O)N/N=C/c2cc(I)c(OCC(=O)Nc3cc(C)ccc3C)c(OC)c2)c1. The molecule has 0 saturated heterocycles. The van der Waals surface area contributed by atoms with Crippen LogP contribution in [0.3, 0.4) is 0 Å². The van der Waals surface area contributed by atoms with E-state index >= 15 is 0 Å². The maximum atomic E-state index is 12.4. The van der Waals surface area contributed by atoms with E-state index in [1.54, 1.807) is 30.3 Å². The summed E-state index contributed by atoms with van der Waals surface area (Å²) in [6.45, 7) is 3.72. The third kappa shape index (κ3) is 7.19. The van der Waals surface area contributed by atoms with Crippen molar-refractivity contribution in [3.8, 4) is 17.2 Å². The quantitative estimate of drug-likeness (QED) is 0.215. The highest BCUT2D eigenvalue weighted by atomic mass is 127. The first kappa shape index (κ1) is 26.0. The van der Waals surface area contributed by atoms with Gasteiger partial charge in [0.15, 0.2) is 18.1 Å². The number of carbonyl (C=O) groups is 2. The largest absolute Gasteiger partial charge is 0.497 e. The molecule has 0 aliphatic rings. The Bertz CT molecular complexity index is 1260. The number of nitrogens with zero attached hydrogens (tertiary/aromatic N) is 1. The lowest BCUT2D eigenvalue weighted by molar-refractivity contribution is -0.118. The summed E-state index contributed by atoms with van der Waals surface area (Å²) in [5, 5.41) is 6.90. The van der Waals surface area contributed by atoms with E-state index in [9.17, 15) is 9.59 Å². The molecule has 0 aromatic heterocycles. The fourth-order valence-electron chi connectivity index (χ4n) is 3.14. The number of rotatable bonds is 9. The lowest BCUT2D eigenvalue weighted by Gasteiger charge is -2.14. The second-order valence-corrected chi connectivity index (χ2v) is 8.78. The number of nitrogens with one attached hydrogen (secondary N) is 2. The van der Waals surface area contributed by atoms with Gasteiger partial charge in [-0.25, -0.2) is 5.43 Å². The highest BCUT2D eigenvalue weighted by Crippen LogP contribution is 2.33. The number of hydrazone groups is 1. The second kappa shape index (κ2) is 12.2. The van der Waals surface area contributed by atoms with Gasteiger partial charge in [-0.05, 0) is 89.5 Å². The molecule has 0 unspecified atom stereocenters. The fraction of sp³-hybridized carbons (Fsp3) is 0.192. The van der Waals surface area contributed by atoms with E-state index in [2.05, 4.69) is 38.4 Å². The number of anilines is 1. The first-order valence-electron chi connectivity index (χ1n) is 10.7. The summed E-state index contributed by atoms with van der Waals surface area (Å²) in [7, 11) is 3.05. The van der Waals surface area contributed by atoms with Gasteiger partial charge in [-0.2, -0.15) is 5.10 Å². The van der Waals surface area contributed by atoms with Gasteiger partial charge in [0, 0.05) is 11.3 Å². The molecule has 2 amide bonds. The molecule has 2 N–H and O–H groups in total. The maximum absolute atomic E-state index is 12.4. The van der Waals surface area contributed by atoms with Crippen LogP contribution in [0.2, 0.25) is 0 Å². The number of benzene rings is 3. The van der Waals surface area contributed by atoms with E-state index in [0.29, 0.717) is 28.4 Å². The van der Waals surface area contributed by atoms with Crippen molar-refractivity contribution in [2.45, 2.75) is 13.8 Å². The molecule has 3 rings (SSSR count). The molecular weight excluding hydrogens is 561 g/mol. The van der Waals surface area contributed by atoms with Crippen molar-refractivity contribution >= 4 is 46.3 Å². The fourth-order valence-corrected chi connectivity index (χ4v) is 3.92. The molecule has 0 atom stereocenters. The van der Waals surface area contributed by atoms with E-state index in [0.717, 1.165) is 20.4 Å². The van der Waals surface area contributed by atoms with Crippen LogP contribution in [0, 0.1) is 17.4 Å². The van der Waals surface area contributed by atoms with Crippen LogP contribution in [0.5, 0.6) is 17.2 Å². The molecule has 0 fully saturated rings. The van der Waals surface area contributed by atoms with Crippen LogP contribution in [0.4, 0.5) is 5.69 Å². The van der Waals surface area contributed by atoms with E-state index in [1.807, 2.05) is 38.1 Å². The van der Waals surface area contributed by atoms with Gasteiger partial charge in [0.1, 0.15) is 5.75 Å². The molecule has 8 nitrogen and oxygen atoms in total. The molecule has 3 aromatic rings. The van der Waals surface area contributed by atoms with Crippen molar-refractivity contribution in [2.75, 3.05) is 26.1 Å². The minimum absolute atomic E-state index is 0.177. The summed E-state index contributed by atoms with van der Waals surface area (Å²) < 4.78 is 17.1. The zero-order valence-electron chi connectivity index (χ0n) is 19.8. The summed E-state index contributed by atoms with van der Waals surface area (Å²) in [4.78, 5) is 24.7. The van der Waals surface area contributed by atoms with Crippen molar-refractivity contribution in [2.24, 2.45) is 5.10 Å². The van der Waals surface area contributed by atoms with Crippen LogP contribution in [-0.2, 0) is 4.79 Å². The Labute approximate surface area is 217 Å². The van der Waals surface area contributed by atoms with Crippen molar-refractivity contribution in [3.05, 3.63) is 80.4 Å².